The van der Waals surface area contributed by atoms with Gasteiger partial charge in [0, 0.05) is 19.0 Å². The fraction of sp³-hybridized carbons (Fsp3) is 0.800. The number of rotatable bonds is 7. The van der Waals surface area contributed by atoms with Crippen LogP contribution in [0.15, 0.2) is 0 Å². The minimum Gasteiger partial charge on any atom is -0.347 e. The number of carbonyl (C=O) groups excluding carboxylic acids is 3. The van der Waals surface area contributed by atoms with Crippen LogP contribution in [0.1, 0.15) is 32.1 Å². The number of fused-ring (bicyclic) bond motifs is 2. The fourth-order valence-electron chi connectivity index (χ4n) is 3.98. The molecule has 2 bridgehead atoms. The van der Waals surface area contributed by atoms with Gasteiger partial charge in [-0.25, -0.2) is 4.79 Å². The van der Waals surface area contributed by atoms with Gasteiger partial charge in [0.25, 0.3) is 0 Å². The lowest BCUT2D eigenvalue weighted by atomic mass is 10.00. The number of urea groups is 1. The van der Waals surface area contributed by atoms with E-state index in [1.807, 2.05) is 7.05 Å². The van der Waals surface area contributed by atoms with Gasteiger partial charge in [-0.2, -0.15) is 13.5 Å². The van der Waals surface area contributed by atoms with Crippen molar-refractivity contribution in [2.24, 2.45) is 0 Å². The number of hydrogen-bond acceptors (Lipinski definition) is 7. The molecular weight excluding hydrogens is 380 g/mol. The maximum Gasteiger partial charge on any atom is 0.418 e. The molecule has 12 heteroatoms. The Balaban J connectivity index is 1.52. The van der Waals surface area contributed by atoms with E-state index in [1.165, 1.54) is 4.90 Å². The number of likely N-dealkylation sites (tertiary alicyclic amines) is 1. The van der Waals surface area contributed by atoms with E-state index < -0.39 is 34.4 Å². The Kier molecular flexibility index (Phi) is 5.70. The molecule has 3 aliphatic heterocycles. The summed E-state index contributed by atoms with van der Waals surface area (Å²) in [5.41, 5.74) is 0. The number of Topliss-reactive ketones (excluding diaryl/α,β-unsaturated/α-hetero) is 1. The third kappa shape index (κ3) is 4.57. The van der Waals surface area contributed by atoms with Crippen LogP contribution in [0.5, 0.6) is 0 Å². The summed E-state index contributed by atoms with van der Waals surface area (Å²) in [7, 11) is -2.85. The number of piperidine rings is 1. The Morgan fingerprint density at radius 2 is 2.04 bits per heavy atom. The third-order valence-corrected chi connectivity index (χ3v) is 5.74. The molecule has 152 valence electrons. The van der Waals surface area contributed by atoms with Crippen molar-refractivity contribution in [3.8, 4) is 0 Å². The molecule has 0 aromatic carbocycles. The molecule has 3 fully saturated rings. The summed E-state index contributed by atoms with van der Waals surface area (Å²) in [4.78, 5) is 40.2. The molecule has 3 amide bonds. The molecule has 0 aromatic heterocycles. The summed E-state index contributed by atoms with van der Waals surface area (Å²) < 4.78 is 34.9. The van der Waals surface area contributed by atoms with Crippen LogP contribution >= 0.6 is 0 Å². The maximum atomic E-state index is 12.4. The minimum absolute atomic E-state index is 0.0696. The van der Waals surface area contributed by atoms with Crippen molar-refractivity contribution in [1.29, 1.82) is 0 Å². The Labute approximate surface area is 157 Å². The molecule has 2 N–H and O–H groups in total. The van der Waals surface area contributed by atoms with Gasteiger partial charge in [0.1, 0.15) is 6.04 Å². The van der Waals surface area contributed by atoms with Crippen molar-refractivity contribution in [3.05, 3.63) is 0 Å². The van der Waals surface area contributed by atoms with E-state index in [4.69, 9.17) is 4.55 Å². The predicted octanol–water partition coefficient (Wildman–Crippen LogP) is -0.841. The Morgan fingerprint density at radius 3 is 2.67 bits per heavy atom. The van der Waals surface area contributed by atoms with E-state index in [2.05, 4.69) is 14.5 Å². The standard InChI is InChI=1S/C15H24N4O7S/c1-17-6-2-3-10(17)7-12(20)8-16-14(21)13-5-4-11-9-18(13)15(22)19(11)26-27(23,24)25/h10-11,13H,2-9H2,1H3,(H,16,21)(H,23,24,25)/t10?,11-,13+/m1/s1. The van der Waals surface area contributed by atoms with E-state index in [9.17, 15) is 22.8 Å². The summed E-state index contributed by atoms with van der Waals surface area (Å²) in [5, 5.41) is 3.17. The molecule has 0 radical (unpaired) electrons. The first-order valence-corrected chi connectivity index (χ1v) is 10.3. The van der Waals surface area contributed by atoms with Gasteiger partial charge in [-0.05, 0) is 39.3 Å². The van der Waals surface area contributed by atoms with E-state index in [0.29, 0.717) is 24.3 Å². The van der Waals surface area contributed by atoms with Crippen LogP contribution in [0, 0.1) is 0 Å². The van der Waals surface area contributed by atoms with Crippen LogP contribution in [-0.2, 0) is 24.3 Å². The molecule has 0 saturated carbocycles. The molecule has 3 aliphatic rings. The number of amides is 3. The molecule has 0 spiro atoms. The highest BCUT2D eigenvalue weighted by Crippen LogP contribution is 2.30. The second kappa shape index (κ2) is 7.70. The highest BCUT2D eigenvalue weighted by atomic mass is 32.3. The van der Waals surface area contributed by atoms with Crippen molar-refractivity contribution < 1.29 is 31.6 Å². The van der Waals surface area contributed by atoms with Gasteiger partial charge in [-0.1, -0.05) is 0 Å². The van der Waals surface area contributed by atoms with Crippen LogP contribution < -0.4 is 5.32 Å². The summed E-state index contributed by atoms with van der Waals surface area (Å²) >= 11 is 0. The van der Waals surface area contributed by atoms with Crippen molar-refractivity contribution in [1.82, 2.24) is 20.2 Å². The quantitative estimate of drug-likeness (QED) is 0.524. The highest BCUT2D eigenvalue weighted by molar-refractivity contribution is 7.80. The number of hydroxylamine groups is 2. The summed E-state index contributed by atoms with van der Waals surface area (Å²) in [5.74, 6) is -0.525. The summed E-state index contributed by atoms with van der Waals surface area (Å²) in [6, 6.07) is -1.95. The first-order valence-electron chi connectivity index (χ1n) is 8.92. The normalized spacial score (nSPS) is 28.7. The number of carbonyl (C=O) groups is 3. The smallest absolute Gasteiger partial charge is 0.347 e. The zero-order valence-electron chi connectivity index (χ0n) is 15.0. The SMILES string of the molecule is CN1CCCC1CC(=O)CNC(=O)[C@@H]1CC[C@@H]2CN1C(=O)N2OS(=O)(=O)O. The first kappa shape index (κ1) is 20.0. The lowest BCUT2D eigenvalue weighted by Crippen LogP contribution is -2.50. The van der Waals surface area contributed by atoms with Gasteiger partial charge in [-0.3, -0.25) is 14.1 Å². The molecule has 27 heavy (non-hydrogen) atoms. The average Bonchev–Trinajstić information content (AvgIpc) is 3.09. The molecule has 0 aliphatic carbocycles. The van der Waals surface area contributed by atoms with Crippen LogP contribution in [-0.4, -0.2) is 90.4 Å². The fourth-order valence-corrected chi connectivity index (χ4v) is 4.37. The first-order chi connectivity index (χ1) is 12.7. The summed E-state index contributed by atoms with van der Waals surface area (Å²) in [6.07, 6.45) is 3.06. The molecule has 1 unspecified atom stereocenters. The molecule has 0 aromatic rings. The average molecular weight is 404 g/mol. The van der Waals surface area contributed by atoms with Gasteiger partial charge in [0.2, 0.25) is 5.91 Å². The Morgan fingerprint density at radius 1 is 1.30 bits per heavy atom. The number of ketones is 1. The van der Waals surface area contributed by atoms with Crippen LogP contribution in [0.3, 0.4) is 0 Å². The molecular formula is C15H24N4O7S. The van der Waals surface area contributed by atoms with E-state index in [1.54, 1.807) is 0 Å². The van der Waals surface area contributed by atoms with Crippen LogP contribution in [0.25, 0.3) is 0 Å². The van der Waals surface area contributed by atoms with Crippen LogP contribution in [0.2, 0.25) is 0 Å². The maximum absolute atomic E-state index is 12.4. The highest BCUT2D eigenvalue weighted by Gasteiger charge is 2.49. The topological polar surface area (TPSA) is 137 Å². The molecule has 3 rings (SSSR count). The molecule has 3 heterocycles. The van der Waals surface area contributed by atoms with Gasteiger partial charge >= 0.3 is 16.4 Å². The summed E-state index contributed by atoms with van der Waals surface area (Å²) in [6.45, 7) is 0.983. The second-order valence-electron chi connectivity index (χ2n) is 7.25. The number of nitrogens with zero attached hydrogens (tertiary/aromatic N) is 3. The van der Waals surface area contributed by atoms with Crippen LogP contribution in [0.4, 0.5) is 4.79 Å². The zero-order valence-corrected chi connectivity index (χ0v) is 15.9. The van der Waals surface area contributed by atoms with Gasteiger partial charge in [-0.15, -0.1) is 4.28 Å². The largest absolute Gasteiger partial charge is 0.418 e. The van der Waals surface area contributed by atoms with Gasteiger partial charge < -0.3 is 15.1 Å². The lowest BCUT2D eigenvalue weighted by molar-refractivity contribution is -0.129. The predicted molar refractivity (Wildman–Crippen MR) is 91.7 cm³/mol. The van der Waals surface area contributed by atoms with Gasteiger partial charge in [0.05, 0.1) is 12.6 Å². The number of hydrogen-bond donors (Lipinski definition) is 2. The second-order valence-corrected chi connectivity index (χ2v) is 8.25. The Bertz CT molecular complexity index is 728. The molecule has 11 nitrogen and oxygen atoms in total. The van der Waals surface area contributed by atoms with Crippen molar-refractivity contribution >= 4 is 28.1 Å². The lowest BCUT2D eigenvalue weighted by Gasteiger charge is -2.29. The zero-order chi connectivity index (χ0) is 19.8. The van der Waals surface area contributed by atoms with Crippen molar-refractivity contribution in [3.63, 3.8) is 0 Å². The van der Waals surface area contributed by atoms with E-state index in [-0.39, 0.29) is 24.9 Å². The Hall–Kier alpha value is -1.76. The van der Waals surface area contributed by atoms with Gasteiger partial charge in [0.15, 0.2) is 5.78 Å². The van der Waals surface area contributed by atoms with E-state index in [0.717, 1.165) is 19.4 Å². The molecule has 3 saturated heterocycles. The minimum atomic E-state index is -4.83. The van der Waals surface area contributed by atoms with Crippen molar-refractivity contribution in [2.75, 3.05) is 26.7 Å². The third-order valence-electron chi connectivity index (χ3n) is 5.39. The van der Waals surface area contributed by atoms with E-state index >= 15 is 0 Å². The molecule has 3 atom stereocenters. The number of nitrogens with one attached hydrogen (secondary N) is 1. The monoisotopic (exact) mass is 404 g/mol. The van der Waals surface area contributed by atoms with Crippen molar-refractivity contribution in [2.45, 2.75) is 50.2 Å².